The molecule has 0 heterocycles. The van der Waals surface area contributed by atoms with Crippen molar-refractivity contribution in [3.63, 3.8) is 0 Å². The lowest BCUT2D eigenvalue weighted by molar-refractivity contribution is 0.0600. The van der Waals surface area contributed by atoms with Gasteiger partial charge in [-0.2, -0.15) is 0 Å². The molecule has 0 atom stereocenters. The fraction of sp³-hybridized carbons (Fsp3) is 0.130. The van der Waals surface area contributed by atoms with E-state index in [2.05, 4.69) is 5.32 Å². The Kier molecular flexibility index (Phi) is 6.02. The third-order valence-corrected chi connectivity index (χ3v) is 4.57. The molecule has 148 valence electrons. The van der Waals surface area contributed by atoms with E-state index in [0.29, 0.717) is 5.56 Å². The number of carbonyl (C=O) groups excluding carboxylic acids is 2. The molecule has 1 N–H and O–H groups in total. The Morgan fingerprint density at radius 3 is 2.24 bits per heavy atom. The summed E-state index contributed by atoms with van der Waals surface area (Å²) in [6, 6.07) is 15.9. The van der Waals surface area contributed by atoms with Crippen LogP contribution in [0.5, 0.6) is 0 Å². The van der Waals surface area contributed by atoms with E-state index >= 15 is 0 Å². The van der Waals surface area contributed by atoms with Crippen LogP contribution in [0.4, 0.5) is 8.78 Å². The number of carbonyl (C=O) groups is 2. The molecule has 0 bridgehead atoms. The second-order valence-electron chi connectivity index (χ2n) is 6.50. The molecule has 0 spiro atoms. The summed E-state index contributed by atoms with van der Waals surface area (Å²) in [6.07, 6.45) is 0. The first-order chi connectivity index (χ1) is 13.9. The van der Waals surface area contributed by atoms with Gasteiger partial charge >= 0.3 is 5.97 Å². The van der Waals surface area contributed by atoms with Crippen molar-refractivity contribution in [1.82, 2.24) is 5.32 Å². The molecule has 0 aromatic heterocycles. The van der Waals surface area contributed by atoms with E-state index < -0.39 is 29.1 Å². The number of nitrogens with one attached hydrogen (secondary N) is 1. The molecule has 0 saturated carbocycles. The SMILES string of the molecule is COC(=O)c1ccc(C)c(-c2ccc(CNC(=O)c3c(F)cccc3F)cc2)c1. The van der Waals surface area contributed by atoms with Crippen LogP contribution in [-0.2, 0) is 11.3 Å². The van der Waals surface area contributed by atoms with Gasteiger partial charge in [-0.05, 0) is 53.4 Å². The van der Waals surface area contributed by atoms with Crippen molar-refractivity contribution in [1.29, 1.82) is 0 Å². The van der Waals surface area contributed by atoms with Gasteiger partial charge in [0.2, 0.25) is 0 Å². The minimum absolute atomic E-state index is 0.119. The van der Waals surface area contributed by atoms with Crippen molar-refractivity contribution in [2.75, 3.05) is 7.11 Å². The lowest BCUT2D eigenvalue weighted by Crippen LogP contribution is -2.25. The van der Waals surface area contributed by atoms with E-state index in [1.54, 1.807) is 24.3 Å². The smallest absolute Gasteiger partial charge is 0.337 e. The minimum atomic E-state index is -0.904. The lowest BCUT2D eigenvalue weighted by atomic mass is 9.97. The zero-order valence-corrected chi connectivity index (χ0v) is 16.0. The monoisotopic (exact) mass is 395 g/mol. The van der Waals surface area contributed by atoms with Crippen LogP contribution in [0, 0.1) is 18.6 Å². The third kappa shape index (κ3) is 4.48. The van der Waals surface area contributed by atoms with Gasteiger partial charge in [-0.25, -0.2) is 13.6 Å². The number of halogens is 2. The summed E-state index contributed by atoms with van der Waals surface area (Å²) in [4.78, 5) is 23.8. The van der Waals surface area contributed by atoms with Gasteiger partial charge < -0.3 is 10.1 Å². The maximum Gasteiger partial charge on any atom is 0.337 e. The van der Waals surface area contributed by atoms with Gasteiger partial charge in [0, 0.05) is 6.54 Å². The zero-order chi connectivity index (χ0) is 21.0. The molecule has 0 radical (unpaired) electrons. The molecule has 3 aromatic rings. The molecule has 1 amide bonds. The molecule has 0 unspecified atom stereocenters. The van der Waals surface area contributed by atoms with Crippen LogP contribution >= 0.6 is 0 Å². The van der Waals surface area contributed by atoms with Gasteiger partial charge in [0.15, 0.2) is 0 Å². The highest BCUT2D eigenvalue weighted by atomic mass is 19.1. The van der Waals surface area contributed by atoms with Crippen LogP contribution in [0.1, 0.15) is 31.8 Å². The Bertz CT molecular complexity index is 1040. The Balaban J connectivity index is 1.74. The predicted octanol–water partition coefficient (Wildman–Crippen LogP) is 4.66. The Morgan fingerprint density at radius 1 is 0.966 bits per heavy atom. The molecule has 29 heavy (non-hydrogen) atoms. The van der Waals surface area contributed by atoms with Gasteiger partial charge in [-0.3, -0.25) is 4.79 Å². The van der Waals surface area contributed by atoms with Gasteiger partial charge in [-0.1, -0.05) is 36.4 Å². The summed E-state index contributed by atoms with van der Waals surface area (Å²) in [5.74, 6) is -3.03. The number of methoxy groups -OCH3 is 1. The van der Waals surface area contributed by atoms with Crippen LogP contribution in [-0.4, -0.2) is 19.0 Å². The maximum atomic E-state index is 13.7. The van der Waals surface area contributed by atoms with Crippen LogP contribution in [0.3, 0.4) is 0 Å². The molecule has 4 nitrogen and oxygen atoms in total. The lowest BCUT2D eigenvalue weighted by Gasteiger charge is -2.10. The number of benzene rings is 3. The van der Waals surface area contributed by atoms with Crippen molar-refractivity contribution in [2.45, 2.75) is 13.5 Å². The molecule has 0 saturated heterocycles. The fourth-order valence-corrected chi connectivity index (χ4v) is 2.97. The summed E-state index contributed by atoms with van der Waals surface area (Å²) < 4.78 is 32.1. The minimum Gasteiger partial charge on any atom is -0.465 e. The van der Waals surface area contributed by atoms with Crippen LogP contribution in [0.15, 0.2) is 60.7 Å². The Hall–Kier alpha value is -3.54. The molecular formula is C23H19F2NO3. The highest BCUT2D eigenvalue weighted by Crippen LogP contribution is 2.25. The van der Waals surface area contributed by atoms with E-state index in [9.17, 15) is 18.4 Å². The van der Waals surface area contributed by atoms with Crippen molar-refractivity contribution in [2.24, 2.45) is 0 Å². The summed E-state index contributed by atoms with van der Waals surface area (Å²) in [5, 5.41) is 2.52. The third-order valence-electron chi connectivity index (χ3n) is 4.57. The predicted molar refractivity (Wildman–Crippen MR) is 105 cm³/mol. The normalized spacial score (nSPS) is 10.5. The number of aryl methyl sites for hydroxylation is 1. The molecule has 3 aromatic carbocycles. The first-order valence-electron chi connectivity index (χ1n) is 8.91. The number of esters is 1. The van der Waals surface area contributed by atoms with E-state index in [-0.39, 0.29) is 6.54 Å². The second kappa shape index (κ2) is 8.65. The average Bonchev–Trinajstić information content (AvgIpc) is 2.72. The van der Waals surface area contributed by atoms with Crippen molar-refractivity contribution in [3.8, 4) is 11.1 Å². The van der Waals surface area contributed by atoms with Gasteiger partial charge in [-0.15, -0.1) is 0 Å². The summed E-state index contributed by atoms with van der Waals surface area (Å²) in [6.45, 7) is 2.06. The van der Waals surface area contributed by atoms with Gasteiger partial charge in [0.05, 0.1) is 12.7 Å². The van der Waals surface area contributed by atoms with Gasteiger partial charge in [0.25, 0.3) is 5.91 Å². The Morgan fingerprint density at radius 2 is 1.62 bits per heavy atom. The zero-order valence-electron chi connectivity index (χ0n) is 16.0. The van der Waals surface area contributed by atoms with Crippen molar-refractivity contribution in [3.05, 3.63) is 94.6 Å². The van der Waals surface area contributed by atoms with E-state index in [0.717, 1.165) is 34.4 Å². The van der Waals surface area contributed by atoms with E-state index in [1.165, 1.54) is 13.2 Å². The fourth-order valence-electron chi connectivity index (χ4n) is 2.97. The topological polar surface area (TPSA) is 55.4 Å². The number of hydrogen-bond acceptors (Lipinski definition) is 3. The molecule has 6 heteroatoms. The highest BCUT2D eigenvalue weighted by molar-refractivity contribution is 5.94. The standard InChI is InChI=1S/C23H19F2NO3/c1-14-6-9-17(23(28)29-2)12-18(14)16-10-7-15(8-11-16)13-26-22(27)21-19(24)4-3-5-20(21)25/h3-12H,13H2,1-2H3,(H,26,27). The van der Waals surface area contributed by atoms with Gasteiger partial charge in [0.1, 0.15) is 17.2 Å². The van der Waals surface area contributed by atoms with Crippen LogP contribution in [0.25, 0.3) is 11.1 Å². The molecule has 3 rings (SSSR count). The molecule has 0 aliphatic heterocycles. The number of hydrogen-bond donors (Lipinski definition) is 1. The van der Waals surface area contributed by atoms with E-state index in [1.807, 2.05) is 25.1 Å². The first kappa shape index (κ1) is 20.2. The summed E-state index contributed by atoms with van der Waals surface area (Å²) in [5.41, 5.74) is 3.39. The van der Waals surface area contributed by atoms with E-state index in [4.69, 9.17) is 4.74 Å². The van der Waals surface area contributed by atoms with Crippen molar-refractivity contribution >= 4 is 11.9 Å². The van der Waals surface area contributed by atoms with Crippen molar-refractivity contribution < 1.29 is 23.1 Å². The summed E-state index contributed by atoms with van der Waals surface area (Å²) >= 11 is 0. The van der Waals surface area contributed by atoms with Crippen LogP contribution in [0.2, 0.25) is 0 Å². The maximum absolute atomic E-state index is 13.7. The molecule has 0 aliphatic rings. The average molecular weight is 395 g/mol. The molecule has 0 fully saturated rings. The Labute approximate surface area is 167 Å². The number of ether oxygens (including phenoxy) is 1. The number of amides is 1. The largest absolute Gasteiger partial charge is 0.465 e. The number of rotatable bonds is 5. The summed E-state index contributed by atoms with van der Waals surface area (Å²) in [7, 11) is 1.33. The molecule has 0 aliphatic carbocycles. The molecular weight excluding hydrogens is 376 g/mol. The second-order valence-corrected chi connectivity index (χ2v) is 6.50. The first-order valence-corrected chi connectivity index (χ1v) is 8.91. The quantitative estimate of drug-likeness (QED) is 0.640. The van der Waals surface area contributed by atoms with Crippen LogP contribution < -0.4 is 5.32 Å². The highest BCUT2D eigenvalue weighted by Gasteiger charge is 2.16.